The molecule has 16 heteroatoms. The summed E-state index contributed by atoms with van der Waals surface area (Å²) in [5.41, 5.74) is 2.52. The second-order valence-corrected chi connectivity index (χ2v) is 6.99. The SMILES string of the molecule is O=C(N[n+]1ccccn1)c1ccc2cc(OC(F)(F)C(F)OC(F)(F)C(F)(F)C(F)(F)F)ccc2c1. The number of hydrogen-bond donors (Lipinski definition) is 1. The molecule has 0 bridgehead atoms. The molecule has 2 aromatic carbocycles. The molecular formula is C20H12F10N3O3+. The van der Waals surface area contributed by atoms with Gasteiger partial charge in [-0.1, -0.05) is 17.6 Å². The number of benzene rings is 2. The second-order valence-electron chi connectivity index (χ2n) is 6.99. The van der Waals surface area contributed by atoms with Crippen LogP contribution < -0.4 is 15.0 Å². The Hall–Kier alpha value is -3.69. The summed E-state index contributed by atoms with van der Waals surface area (Å²) in [5.74, 6) is -8.46. The van der Waals surface area contributed by atoms with E-state index in [4.69, 9.17) is 0 Å². The number of nitrogens with one attached hydrogen (secondary N) is 1. The number of aromatic nitrogens is 2. The fourth-order valence-electron chi connectivity index (χ4n) is 2.63. The van der Waals surface area contributed by atoms with Crippen molar-refractivity contribution in [3.63, 3.8) is 0 Å². The number of nitrogens with zero attached hydrogens (tertiary/aromatic N) is 2. The molecule has 1 amide bonds. The van der Waals surface area contributed by atoms with Gasteiger partial charge in [0, 0.05) is 21.5 Å². The molecular weight excluding hydrogens is 520 g/mol. The Bertz CT molecular complexity index is 1240. The minimum atomic E-state index is -6.97. The van der Waals surface area contributed by atoms with Gasteiger partial charge in [-0.2, -0.15) is 39.5 Å². The Labute approximate surface area is 194 Å². The predicted octanol–water partition coefficient (Wildman–Crippen LogP) is 4.98. The minimum absolute atomic E-state index is 0.102. The summed E-state index contributed by atoms with van der Waals surface area (Å²) in [4.78, 5) is 13.4. The summed E-state index contributed by atoms with van der Waals surface area (Å²) >= 11 is 0. The van der Waals surface area contributed by atoms with Crippen molar-refractivity contribution in [3.05, 3.63) is 66.5 Å². The van der Waals surface area contributed by atoms with Crippen LogP contribution in [-0.4, -0.2) is 41.7 Å². The molecule has 1 unspecified atom stereocenters. The zero-order valence-electron chi connectivity index (χ0n) is 17.2. The Morgan fingerprint density at radius 1 is 0.917 bits per heavy atom. The molecule has 1 atom stereocenters. The van der Waals surface area contributed by atoms with Gasteiger partial charge in [-0.3, -0.25) is 9.53 Å². The van der Waals surface area contributed by atoms with Crippen LogP contribution in [0.4, 0.5) is 43.9 Å². The molecule has 0 spiro atoms. The normalized spacial score (nSPS) is 13.9. The van der Waals surface area contributed by atoms with Crippen molar-refractivity contribution in [1.29, 1.82) is 0 Å². The molecule has 0 saturated heterocycles. The smallest absolute Gasteiger partial charge is 0.429 e. The molecule has 194 valence electrons. The van der Waals surface area contributed by atoms with Crippen LogP contribution in [0.1, 0.15) is 10.4 Å². The van der Waals surface area contributed by atoms with Crippen LogP contribution in [0.2, 0.25) is 0 Å². The average molecular weight is 532 g/mol. The van der Waals surface area contributed by atoms with E-state index in [2.05, 4.69) is 20.0 Å². The number of hydrogen-bond acceptors (Lipinski definition) is 4. The van der Waals surface area contributed by atoms with Gasteiger partial charge in [0.1, 0.15) is 5.75 Å². The van der Waals surface area contributed by atoms with E-state index in [1.807, 2.05) is 0 Å². The first-order chi connectivity index (χ1) is 16.5. The van der Waals surface area contributed by atoms with Crippen molar-refractivity contribution in [1.82, 2.24) is 5.10 Å². The first-order valence-corrected chi connectivity index (χ1v) is 9.43. The van der Waals surface area contributed by atoms with Gasteiger partial charge in [0.15, 0.2) is 0 Å². The molecule has 36 heavy (non-hydrogen) atoms. The molecule has 0 fully saturated rings. The highest BCUT2D eigenvalue weighted by molar-refractivity contribution is 6.02. The van der Waals surface area contributed by atoms with E-state index >= 15 is 0 Å². The van der Waals surface area contributed by atoms with Crippen LogP contribution >= 0.6 is 0 Å². The van der Waals surface area contributed by atoms with E-state index in [9.17, 15) is 48.7 Å². The lowest BCUT2D eigenvalue weighted by Crippen LogP contribution is -2.56. The van der Waals surface area contributed by atoms with Crippen molar-refractivity contribution in [2.24, 2.45) is 0 Å². The molecule has 0 aliphatic rings. The van der Waals surface area contributed by atoms with Gasteiger partial charge >= 0.3 is 36.6 Å². The summed E-state index contributed by atoms with van der Waals surface area (Å²) in [6.07, 6.45) is -20.9. The summed E-state index contributed by atoms with van der Waals surface area (Å²) in [6.45, 7) is 0. The van der Waals surface area contributed by atoms with Gasteiger partial charge in [0.05, 0.1) is 6.20 Å². The third-order valence-electron chi connectivity index (χ3n) is 4.40. The lowest BCUT2D eigenvalue weighted by molar-refractivity contribution is -0.702. The van der Waals surface area contributed by atoms with Crippen molar-refractivity contribution in [2.75, 3.05) is 5.43 Å². The highest BCUT2D eigenvalue weighted by atomic mass is 19.4. The molecule has 1 N–H and O–H groups in total. The Morgan fingerprint density at radius 3 is 2.17 bits per heavy atom. The highest BCUT2D eigenvalue weighted by Gasteiger charge is 2.76. The number of amides is 1. The standard InChI is InChI=1S/C20H11F10N3O3/c21-16(36-20(29,30)18(24,25)19(26,27)28)17(22,23)35-14-6-5-11-9-13(4-3-12(11)10-14)15(34)32-33-8-2-1-7-31-33/h1-10,16H/p+1. The number of fused-ring (bicyclic) bond motifs is 1. The van der Waals surface area contributed by atoms with Gasteiger partial charge in [-0.05, 0) is 41.1 Å². The molecule has 0 aliphatic carbocycles. The summed E-state index contributed by atoms with van der Waals surface area (Å²) in [6, 6.07) is 9.73. The van der Waals surface area contributed by atoms with Gasteiger partial charge < -0.3 is 4.74 Å². The fraction of sp³-hybridized carbons (Fsp3) is 0.250. The van der Waals surface area contributed by atoms with Crippen molar-refractivity contribution in [3.8, 4) is 5.75 Å². The van der Waals surface area contributed by atoms with E-state index in [-0.39, 0.29) is 16.3 Å². The zero-order chi connectivity index (χ0) is 26.9. The van der Waals surface area contributed by atoms with E-state index in [0.717, 1.165) is 23.0 Å². The van der Waals surface area contributed by atoms with Crippen LogP contribution in [0, 0.1) is 0 Å². The largest absolute Gasteiger partial charge is 0.462 e. The number of carbonyl (C=O) groups is 1. The maximum Gasteiger partial charge on any atom is 0.462 e. The van der Waals surface area contributed by atoms with E-state index < -0.39 is 42.3 Å². The predicted molar refractivity (Wildman–Crippen MR) is 99.6 cm³/mol. The van der Waals surface area contributed by atoms with Gasteiger partial charge in [-0.25, -0.2) is 4.39 Å². The van der Waals surface area contributed by atoms with Crippen LogP contribution in [0.5, 0.6) is 5.75 Å². The molecule has 3 aromatic rings. The lowest BCUT2D eigenvalue weighted by Gasteiger charge is -2.30. The quantitative estimate of drug-likeness (QED) is 0.329. The number of ether oxygens (including phenoxy) is 2. The number of halogens is 10. The van der Waals surface area contributed by atoms with Crippen LogP contribution in [0.15, 0.2) is 60.9 Å². The fourth-order valence-corrected chi connectivity index (χ4v) is 2.63. The average Bonchev–Trinajstić information content (AvgIpc) is 2.78. The van der Waals surface area contributed by atoms with Crippen LogP contribution in [-0.2, 0) is 4.74 Å². The Kier molecular flexibility index (Phi) is 7.03. The van der Waals surface area contributed by atoms with Crippen molar-refractivity contribution < 1.29 is 63.0 Å². The Morgan fingerprint density at radius 2 is 1.56 bits per heavy atom. The highest BCUT2D eigenvalue weighted by Crippen LogP contribution is 2.48. The zero-order valence-corrected chi connectivity index (χ0v) is 17.2. The maximum absolute atomic E-state index is 13.9. The van der Waals surface area contributed by atoms with Gasteiger partial charge in [0.25, 0.3) is 0 Å². The second kappa shape index (κ2) is 9.40. The molecule has 0 aliphatic heterocycles. The summed E-state index contributed by atoms with van der Waals surface area (Å²) in [5, 5.41) is 4.22. The van der Waals surface area contributed by atoms with Crippen LogP contribution in [0.3, 0.4) is 0 Å². The van der Waals surface area contributed by atoms with E-state index in [1.165, 1.54) is 30.6 Å². The molecule has 3 rings (SSSR count). The number of carbonyl (C=O) groups excluding carboxylic acids is 1. The third kappa shape index (κ3) is 5.58. The third-order valence-corrected chi connectivity index (χ3v) is 4.40. The molecule has 0 saturated carbocycles. The van der Waals surface area contributed by atoms with Crippen molar-refractivity contribution >= 4 is 16.7 Å². The summed E-state index contributed by atoms with van der Waals surface area (Å²) < 4.78 is 136. The minimum Gasteiger partial charge on any atom is -0.429 e. The van der Waals surface area contributed by atoms with E-state index in [0.29, 0.717) is 0 Å². The number of rotatable bonds is 8. The van der Waals surface area contributed by atoms with Gasteiger partial charge in [0.2, 0.25) is 6.20 Å². The monoisotopic (exact) mass is 532 g/mol. The molecule has 6 nitrogen and oxygen atoms in total. The van der Waals surface area contributed by atoms with E-state index in [1.54, 1.807) is 12.1 Å². The van der Waals surface area contributed by atoms with Gasteiger partial charge in [-0.15, -0.1) is 0 Å². The molecule has 1 heterocycles. The van der Waals surface area contributed by atoms with Crippen LogP contribution in [0.25, 0.3) is 10.8 Å². The van der Waals surface area contributed by atoms with Crippen molar-refractivity contribution in [2.45, 2.75) is 30.7 Å². The topological polar surface area (TPSA) is 64.3 Å². The maximum atomic E-state index is 13.9. The molecule has 1 aromatic heterocycles. The Balaban J connectivity index is 1.74. The molecule has 0 radical (unpaired) electrons. The number of alkyl halides is 10. The first-order valence-electron chi connectivity index (χ1n) is 9.43. The first kappa shape index (κ1) is 26.9. The lowest BCUT2D eigenvalue weighted by atomic mass is 10.1. The summed E-state index contributed by atoms with van der Waals surface area (Å²) in [7, 11) is 0.